The van der Waals surface area contributed by atoms with Gasteiger partial charge in [-0.3, -0.25) is 0 Å². The summed E-state index contributed by atoms with van der Waals surface area (Å²) in [5.41, 5.74) is 0.213. The predicted molar refractivity (Wildman–Crippen MR) is 68.2 cm³/mol. The van der Waals surface area contributed by atoms with Gasteiger partial charge in [-0.2, -0.15) is 0 Å². The first-order valence-electron chi connectivity index (χ1n) is 5.27. The number of benzene rings is 1. The molecule has 0 fully saturated rings. The summed E-state index contributed by atoms with van der Waals surface area (Å²) in [5, 5.41) is 8.94. The highest BCUT2D eigenvalue weighted by Crippen LogP contribution is 2.27. The highest BCUT2D eigenvalue weighted by molar-refractivity contribution is 7.98. The molecule has 1 aromatic carbocycles. The summed E-state index contributed by atoms with van der Waals surface area (Å²) in [6.45, 7) is 0. The predicted octanol–water partition coefficient (Wildman–Crippen LogP) is 3.28. The van der Waals surface area contributed by atoms with E-state index in [-0.39, 0.29) is 5.56 Å². The van der Waals surface area contributed by atoms with Gasteiger partial charge in [-0.15, -0.1) is 11.8 Å². The van der Waals surface area contributed by atoms with Crippen molar-refractivity contribution in [1.29, 1.82) is 0 Å². The Kier molecular flexibility index (Phi) is 3.94. The summed E-state index contributed by atoms with van der Waals surface area (Å²) in [6, 6.07) is 9.05. The van der Waals surface area contributed by atoms with Gasteiger partial charge in [0.2, 0.25) is 0 Å². The Labute approximate surface area is 109 Å². The average Bonchev–Trinajstić information content (AvgIpc) is 2.85. The molecule has 18 heavy (non-hydrogen) atoms. The molecule has 1 aromatic heterocycles. The van der Waals surface area contributed by atoms with Crippen LogP contribution in [0.1, 0.15) is 16.1 Å². The minimum absolute atomic E-state index is 0.213. The van der Waals surface area contributed by atoms with Crippen LogP contribution in [0.15, 0.2) is 45.9 Å². The molecule has 1 heterocycles. The Morgan fingerprint density at radius 1 is 1.44 bits per heavy atom. The highest BCUT2D eigenvalue weighted by atomic mass is 32.2. The molecule has 0 aliphatic rings. The van der Waals surface area contributed by atoms with Crippen molar-refractivity contribution < 1.29 is 19.1 Å². The lowest BCUT2D eigenvalue weighted by Crippen LogP contribution is -1.97. The largest absolute Gasteiger partial charge is 0.497 e. The minimum atomic E-state index is -0.968. The molecule has 0 saturated heterocycles. The molecule has 0 unspecified atom stereocenters. The quantitative estimate of drug-likeness (QED) is 0.840. The molecular weight excluding hydrogens is 252 g/mol. The Morgan fingerprint density at radius 3 is 3.00 bits per heavy atom. The summed E-state index contributed by atoms with van der Waals surface area (Å²) < 4.78 is 10.3. The zero-order valence-corrected chi connectivity index (χ0v) is 10.6. The molecule has 0 aliphatic heterocycles. The summed E-state index contributed by atoms with van der Waals surface area (Å²) >= 11 is 1.50. The van der Waals surface area contributed by atoms with Crippen molar-refractivity contribution in [2.45, 2.75) is 10.6 Å². The molecule has 0 spiro atoms. The molecule has 1 N–H and O–H groups in total. The van der Waals surface area contributed by atoms with Crippen LogP contribution < -0.4 is 4.74 Å². The van der Waals surface area contributed by atoms with E-state index in [0.29, 0.717) is 11.5 Å². The number of aromatic carboxylic acids is 1. The Bertz CT molecular complexity index is 547. The van der Waals surface area contributed by atoms with E-state index >= 15 is 0 Å². The lowest BCUT2D eigenvalue weighted by Gasteiger charge is -2.03. The van der Waals surface area contributed by atoms with Gasteiger partial charge in [0.1, 0.15) is 17.1 Å². The van der Waals surface area contributed by atoms with Gasteiger partial charge in [0.15, 0.2) is 0 Å². The van der Waals surface area contributed by atoms with E-state index < -0.39 is 5.97 Å². The van der Waals surface area contributed by atoms with Crippen LogP contribution in [0.5, 0.6) is 5.75 Å². The standard InChI is InChI=1S/C13H12O4S/c1-16-9-3-2-4-10(7-9)18-8-12-11(13(14)15)5-6-17-12/h2-7H,8H2,1H3,(H,14,15). The third kappa shape index (κ3) is 2.87. The van der Waals surface area contributed by atoms with Crippen molar-refractivity contribution in [2.24, 2.45) is 0 Å². The van der Waals surface area contributed by atoms with Crippen molar-refractivity contribution in [3.63, 3.8) is 0 Å². The summed E-state index contributed by atoms with van der Waals surface area (Å²) in [5.74, 6) is 0.750. The van der Waals surface area contributed by atoms with Crippen molar-refractivity contribution in [1.82, 2.24) is 0 Å². The average molecular weight is 264 g/mol. The first kappa shape index (κ1) is 12.6. The number of furan rings is 1. The normalized spacial score (nSPS) is 10.3. The second-order valence-corrected chi connectivity index (χ2v) is 4.58. The monoisotopic (exact) mass is 264 g/mol. The highest BCUT2D eigenvalue weighted by Gasteiger charge is 2.13. The van der Waals surface area contributed by atoms with Crippen LogP contribution in [0.3, 0.4) is 0 Å². The van der Waals surface area contributed by atoms with E-state index in [0.717, 1.165) is 10.6 Å². The number of carboxylic acids is 1. The molecule has 0 amide bonds. The number of rotatable bonds is 5. The molecule has 94 valence electrons. The molecule has 2 aromatic rings. The van der Waals surface area contributed by atoms with Gasteiger partial charge in [-0.25, -0.2) is 4.79 Å². The molecule has 5 heteroatoms. The molecule has 2 rings (SSSR count). The molecule has 0 radical (unpaired) electrons. The van der Waals surface area contributed by atoms with Gasteiger partial charge in [-0.05, 0) is 24.3 Å². The number of carboxylic acid groups (broad SMARTS) is 1. The maximum absolute atomic E-state index is 10.9. The Hall–Kier alpha value is -1.88. The van der Waals surface area contributed by atoms with Crippen LogP contribution in [0.25, 0.3) is 0 Å². The van der Waals surface area contributed by atoms with E-state index in [4.69, 9.17) is 14.3 Å². The van der Waals surface area contributed by atoms with Gasteiger partial charge >= 0.3 is 5.97 Å². The SMILES string of the molecule is COc1cccc(SCc2occc2C(=O)O)c1. The van der Waals surface area contributed by atoms with Gasteiger partial charge in [0, 0.05) is 4.90 Å². The first-order chi connectivity index (χ1) is 8.70. The maximum atomic E-state index is 10.9. The van der Waals surface area contributed by atoms with E-state index in [9.17, 15) is 4.79 Å². The van der Waals surface area contributed by atoms with Crippen LogP contribution in [0, 0.1) is 0 Å². The van der Waals surface area contributed by atoms with Crippen LogP contribution in [0.4, 0.5) is 0 Å². The van der Waals surface area contributed by atoms with Crippen molar-refractivity contribution in [3.05, 3.63) is 47.9 Å². The molecule has 0 atom stereocenters. The zero-order valence-electron chi connectivity index (χ0n) is 9.75. The van der Waals surface area contributed by atoms with Crippen LogP contribution >= 0.6 is 11.8 Å². The number of ether oxygens (including phenoxy) is 1. The molecule has 4 nitrogen and oxygen atoms in total. The molecule has 0 bridgehead atoms. The molecular formula is C13H12O4S. The Morgan fingerprint density at radius 2 is 2.28 bits per heavy atom. The lowest BCUT2D eigenvalue weighted by atomic mass is 10.3. The summed E-state index contributed by atoms with van der Waals surface area (Å²) in [7, 11) is 1.61. The number of hydrogen-bond donors (Lipinski definition) is 1. The van der Waals surface area contributed by atoms with Crippen molar-refractivity contribution in [3.8, 4) is 5.75 Å². The number of carbonyl (C=O) groups is 1. The van der Waals surface area contributed by atoms with Crippen molar-refractivity contribution in [2.75, 3.05) is 7.11 Å². The second-order valence-electron chi connectivity index (χ2n) is 3.53. The summed E-state index contributed by atoms with van der Waals surface area (Å²) in [4.78, 5) is 11.9. The van der Waals surface area contributed by atoms with Crippen LogP contribution in [-0.2, 0) is 5.75 Å². The Balaban J connectivity index is 2.06. The summed E-state index contributed by atoms with van der Waals surface area (Å²) in [6.07, 6.45) is 1.39. The zero-order chi connectivity index (χ0) is 13.0. The smallest absolute Gasteiger partial charge is 0.339 e. The topological polar surface area (TPSA) is 59.7 Å². The third-order valence-electron chi connectivity index (χ3n) is 2.39. The lowest BCUT2D eigenvalue weighted by molar-refractivity contribution is 0.0695. The number of hydrogen-bond acceptors (Lipinski definition) is 4. The van der Waals surface area contributed by atoms with Gasteiger partial charge in [-0.1, -0.05) is 6.07 Å². The van der Waals surface area contributed by atoms with Gasteiger partial charge in [0.25, 0.3) is 0 Å². The van der Waals surface area contributed by atoms with Crippen molar-refractivity contribution >= 4 is 17.7 Å². The molecule has 0 aliphatic carbocycles. The van der Waals surface area contributed by atoms with Crippen LogP contribution in [0.2, 0.25) is 0 Å². The third-order valence-corrected chi connectivity index (χ3v) is 3.38. The minimum Gasteiger partial charge on any atom is -0.497 e. The van der Waals surface area contributed by atoms with E-state index in [2.05, 4.69) is 0 Å². The fourth-order valence-electron chi connectivity index (χ4n) is 1.48. The fraction of sp³-hybridized carbons (Fsp3) is 0.154. The maximum Gasteiger partial charge on any atom is 0.339 e. The van der Waals surface area contributed by atoms with Crippen LogP contribution in [-0.4, -0.2) is 18.2 Å². The fourth-order valence-corrected chi connectivity index (χ4v) is 2.38. The first-order valence-corrected chi connectivity index (χ1v) is 6.26. The van der Waals surface area contributed by atoms with E-state index in [1.165, 1.54) is 24.1 Å². The van der Waals surface area contributed by atoms with Gasteiger partial charge < -0.3 is 14.3 Å². The number of methoxy groups -OCH3 is 1. The molecule has 0 saturated carbocycles. The van der Waals surface area contributed by atoms with Gasteiger partial charge in [0.05, 0.1) is 19.1 Å². The second kappa shape index (κ2) is 5.64. The van der Waals surface area contributed by atoms with E-state index in [1.807, 2.05) is 24.3 Å². The van der Waals surface area contributed by atoms with E-state index in [1.54, 1.807) is 7.11 Å². The number of thioether (sulfide) groups is 1.